The van der Waals surface area contributed by atoms with Crippen LogP contribution in [0.2, 0.25) is 0 Å². The van der Waals surface area contributed by atoms with Gasteiger partial charge in [-0.3, -0.25) is 4.99 Å². The van der Waals surface area contributed by atoms with Gasteiger partial charge in [-0.1, -0.05) is 44.2 Å². The van der Waals surface area contributed by atoms with Crippen molar-refractivity contribution in [1.29, 1.82) is 0 Å². The fourth-order valence-corrected chi connectivity index (χ4v) is 2.49. The Balaban J connectivity index is 1.85. The summed E-state index contributed by atoms with van der Waals surface area (Å²) in [6.45, 7) is 10.00. The number of nitrogens with zero attached hydrogens (tertiary/aromatic N) is 3. The van der Waals surface area contributed by atoms with E-state index in [9.17, 15) is 0 Å². The molecule has 0 aliphatic rings. The second kappa shape index (κ2) is 9.11. The van der Waals surface area contributed by atoms with Gasteiger partial charge >= 0.3 is 0 Å². The molecule has 2 aromatic rings. The number of hydrogen-bond acceptors (Lipinski definition) is 2. The van der Waals surface area contributed by atoms with Gasteiger partial charge in [0.25, 0.3) is 0 Å². The third-order valence-electron chi connectivity index (χ3n) is 3.98. The Bertz CT molecular complexity index is 602. The molecular weight excluding hydrogens is 298 g/mol. The van der Waals surface area contributed by atoms with Crippen LogP contribution in [0.4, 0.5) is 0 Å². The van der Waals surface area contributed by atoms with Crippen LogP contribution in [0.25, 0.3) is 0 Å². The van der Waals surface area contributed by atoms with E-state index in [0.717, 1.165) is 38.6 Å². The molecule has 1 aromatic heterocycles. The van der Waals surface area contributed by atoms with Gasteiger partial charge in [0.05, 0.1) is 12.9 Å². The lowest BCUT2D eigenvalue weighted by molar-refractivity contribution is 0.536. The Morgan fingerprint density at radius 2 is 2.00 bits per heavy atom. The van der Waals surface area contributed by atoms with Gasteiger partial charge in [-0.15, -0.1) is 0 Å². The van der Waals surface area contributed by atoms with E-state index in [-0.39, 0.29) is 5.41 Å². The maximum atomic E-state index is 4.77. The molecule has 5 heteroatoms. The maximum absolute atomic E-state index is 4.77. The van der Waals surface area contributed by atoms with E-state index in [2.05, 4.69) is 71.3 Å². The molecule has 2 rings (SSSR count). The molecule has 0 saturated heterocycles. The lowest BCUT2D eigenvalue weighted by atomic mass is 9.85. The summed E-state index contributed by atoms with van der Waals surface area (Å²) in [5, 5.41) is 6.73. The molecule has 24 heavy (non-hydrogen) atoms. The fourth-order valence-electron chi connectivity index (χ4n) is 2.49. The predicted molar refractivity (Wildman–Crippen MR) is 100 cm³/mol. The van der Waals surface area contributed by atoms with Crippen molar-refractivity contribution in [2.24, 2.45) is 4.99 Å². The molecule has 0 amide bonds. The summed E-state index contributed by atoms with van der Waals surface area (Å²) in [7, 11) is 0. The Morgan fingerprint density at radius 3 is 2.67 bits per heavy atom. The van der Waals surface area contributed by atoms with E-state index in [1.165, 1.54) is 5.56 Å². The highest BCUT2D eigenvalue weighted by atomic mass is 15.2. The van der Waals surface area contributed by atoms with Gasteiger partial charge in [0.1, 0.15) is 0 Å². The number of guanidine groups is 1. The smallest absolute Gasteiger partial charge is 0.191 e. The van der Waals surface area contributed by atoms with Crippen molar-refractivity contribution in [2.75, 3.05) is 19.6 Å². The van der Waals surface area contributed by atoms with Crippen LogP contribution in [0.15, 0.2) is 54.0 Å². The van der Waals surface area contributed by atoms with Crippen molar-refractivity contribution >= 4 is 5.96 Å². The normalized spacial score (nSPS) is 12.2. The lowest BCUT2D eigenvalue weighted by Crippen LogP contribution is -2.39. The molecule has 0 saturated carbocycles. The van der Waals surface area contributed by atoms with E-state index in [0.29, 0.717) is 0 Å². The van der Waals surface area contributed by atoms with E-state index in [4.69, 9.17) is 4.99 Å². The van der Waals surface area contributed by atoms with E-state index >= 15 is 0 Å². The molecule has 5 nitrogen and oxygen atoms in total. The van der Waals surface area contributed by atoms with Crippen molar-refractivity contribution in [3.05, 3.63) is 54.6 Å². The minimum Gasteiger partial charge on any atom is -0.357 e. The highest BCUT2D eigenvalue weighted by Gasteiger charge is 2.19. The number of imidazole rings is 1. The number of nitrogens with one attached hydrogen (secondary N) is 2. The van der Waals surface area contributed by atoms with Crippen molar-refractivity contribution in [2.45, 2.75) is 39.2 Å². The molecule has 130 valence electrons. The second-order valence-electron chi connectivity index (χ2n) is 6.53. The summed E-state index contributed by atoms with van der Waals surface area (Å²) in [6, 6.07) is 10.6. The highest BCUT2D eigenvalue weighted by molar-refractivity contribution is 5.79. The van der Waals surface area contributed by atoms with Crippen LogP contribution in [-0.4, -0.2) is 35.1 Å². The molecule has 0 radical (unpaired) electrons. The van der Waals surface area contributed by atoms with E-state index < -0.39 is 0 Å². The molecule has 2 N–H and O–H groups in total. The van der Waals surface area contributed by atoms with E-state index in [1.54, 1.807) is 0 Å². The van der Waals surface area contributed by atoms with Crippen molar-refractivity contribution < 1.29 is 0 Å². The van der Waals surface area contributed by atoms with Crippen LogP contribution in [0.1, 0.15) is 32.8 Å². The summed E-state index contributed by atoms with van der Waals surface area (Å²) in [4.78, 5) is 8.83. The largest absolute Gasteiger partial charge is 0.357 e. The first kappa shape index (κ1) is 18.0. The fraction of sp³-hybridized carbons (Fsp3) is 0.474. The standard InChI is InChI=1S/C19H29N5/c1-4-21-18(22-11-8-13-24-14-12-20-16-24)23-15-19(2,3)17-9-6-5-7-10-17/h5-7,9-10,12,14,16H,4,8,11,13,15H2,1-3H3,(H2,21,22,23). The molecular formula is C19H29N5. The van der Waals surface area contributed by atoms with Crippen molar-refractivity contribution in [3.8, 4) is 0 Å². The summed E-state index contributed by atoms with van der Waals surface area (Å²) in [6.07, 6.45) is 6.68. The topological polar surface area (TPSA) is 54.2 Å². The number of rotatable bonds is 8. The summed E-state index contributed by atoms with van der Waals surface area (Å²) >= 11 is 0. The summed E-state index contributed by atoms with van der Waals surface area (Å²) in [5.41, 5.74) is 1.32. The van der Waals surface area contributed by atoms with Crippen molar-refractivity contribution in [1.82, 2.24) is 20.2 Å². The number of aromatic nitrogens is 2. The average Bonchev–Trinajstić information content (AvgIpc) is 3.11. The van der Waals surface area contributed by atoms with Crippen LogP contribution in [0.3, 0.4) is 0 Å². The van der Waals surface area contributed by atoms with Crippen LogP contribution in [-0.2, 0) is 12.0 Å². The molecule has 0 aliphatic heterocycles. The first-order valence-corrected chi connectivity index (χ1v) is 8.65. The minimum atomic E-state index is 0.0143. The number of hydrogen-bond donors (Lipinski definition) is 2. The highest BCUT2D eigenvalue weighted by Crippen LogP contribution is 2.22. The second-order valence-corrected chi connectivity index (χ2v) is 6.53. The number of aliphatic imine (C=N–C) groups is 1. The van der Waals surface area contributed by atoms with E-state index in [1.807, 2.05) is 18.7 Å². The number of benzene rings is 1. The molecule has 1 aromatic carbocycles. The van der Waals surface area contributed by atoms with Crippen LogP contribution in [0.5, 0.6) is 0 Å². The molecule has 1 heterocycles. The molecule has 0 atom stereocenters. The Hall–Kier alpha value is -2.30. The van der Waals surface area contributed by atoms with Crippen LogP contribution >= 0.6 is 0 Å². The first-order chi connectivity index (χ1) is 11.6. The summed E-state index contributed by atoms with van der Waals surface area (Å²) in [5.74, 6) is 0.882. The minimum absolute atomic E-state index is 0.0143. The maximum Gasteiger partial charge on any atom is 0.191 e. The zero-order valence-corrected chi connectivity index (χ0v) is 15.0. The molecule has 0 unspecified atom stereocenters. The van der Waals surface area contributed by atoms with Gasteiger partial charge in [0.2, 0.25) is 0 Å². The van der Waals surface area contributed by atoms with Gasteiger partial charge < -0.3 is 15.2 Å². The van der Waals surface area contributed by atoms with Gasteiger partial charge in [0.15, 0.2) is 5.96 Å². The average molecular weight is 327 g/mol. The third kappa shape index (κ3) is 5.72. The zero-order chi connectivity index (χ0) is 17.3. The Morgan fingerprint density at radius 1 is 1.21 bits per heavy atom. The van der Waals surface area contributed by atoms with Crippen molar-refractivity contribution in [3.63, 3.8) is 0 Å². The molecule has 0 spiro atoms. The van der Waals surface area contributed by atoms with Crippen LogP contribution < -0.4 is 10.6 Å². The molecule has 0 aliphatic carbocycles. The van der Waals surface area contributed by atoms with Gasteiger partial charge in [-0.2, -0.15) is 0 Å². The zero-order valence-electron chi connectivity index (χ0n) is 15.0. The van der Waals surface area contributed by atoms with Gasteiger partial charge in [0, 0.05) is 37.4 Å². The Labute approximate surface area is 145 Å². The SMILES string of the molecule is CCNC(=NCC(C)(C)c1ccccc1)NCCCn1ccnc1. The quantitative estimate of drug-likeness (QED) is 0.445. The van der Waals surface area contributed by atoms with Crippen LogP contribution in [0, 0.1) is 0 Å². The molecule has 0 bridgehead atoms. The third-order valence-corrected chi connectivity index (χ3v) is 3.98. The predicted octanol–water partition coefficient (Wildman–Crippen LogP) is 2.81. The monoisotopic (exact) mass is 327 g/mol. The molecule has 0 fully saturated rings. The Kier molecular flexibility index (Phi) is 6.85. The number of aryl methyl sites for hydroxylation is 1. The van der Waals surface area contributed by atoms with Gasteiger partial charge in [-0.25, -0.2) is 4.98 Å². The lowest BCUT2D eigenvalue weighted by Gasteiger charge is -2.24. The van der Waals surface area contributed by atoms with Gasteiger partial charge in [-0.05, 0) is 18.9 Å². The summed E-state index contributed by atoms with van der Waals surface area (Å²) < 4.78 is 2.09. The first-order valence-electron chi connectivity index (χ1n) is 8.65.